The summed E-state index contributed by atoms with van der Waals surface area (Å²) in [5.74, 6) is 0.164. The van der Waals surface area contributed by atoms with E-state index in [0.717, 1.165) is 21.8 Å². The van der Waals surface area contributed by atoms with Crippen molar-refractivity contribution < 1.29 is 18.3 Å². The monoisotopic (exact) mass is 426 g/mol. The molecule has 3 heterocycles. The number of hydrogen-bond donors (Lipinski definition) is 1. The topological polar surface area (TPSA) is 82.2 Å². The molecule has 0 unspecified atom stereocenters. The molecule has 7 nitrogen and oxygen atoms in total. The number of nitrogens with one attached hydrogen (secondary N) is 1. The third-order valence-corrected chi connectivity index (χ3v) is 5.56. The number of amides is 1. The highest BCUT2D eigenvalue weighted by atomic mass is 32.1. The quantitative estimate of drug-likeness (QED) is 0.485. The first-order chi connectivity index (χ1) is 14.5. The second-order valence-corrected chi connectivity index (χ2v) is 7.61. The summed E-state index contributed by atoms with van der Waals surface area (Å²) in [7, 11) is 1.39. The van der Waals surface area contributed by atoms with E-state index in [9.17, 15) is 9.18 Å². The summed E-state index contributed by atoms with van der Waals surface area (Å²) < 4.78 is 26.4. The Morgan fingerprint density at radius 2 is 2.03 bits per heavy atom. The van der Waals surface area contributed by atoms with Crippen LogP contribution in [0.2, 0.25) is 0 Å². The fraction of sp³-hybridized carbons (Fsp3) is 0.190. The Balaban J connectivity index is 1.52. The molecule has 0 aliphatic rings. The summed E-state index contributed by atoms with van der Waals surface area (Å²) in [5, 5.41) is 12.9. The van der Waals surface area contributed by atoms with Crippen molar-refractivity contribution in [3.05, 3.63) is 59.0 Å². The SMILES string of the molecule is COc1ccc(NC(=O)Cn2c(C)cc(-c3nnc(-c4cccs4)o3)c2C)cc1F. The number of methoxy groups -OCH3 is 1. The molecule has 1 N–H and O–H groups in total. The molecule has 0 saturated heterocycles. The number of hydrogen-bond acceptors (Lipinski definition) is 6. The van der Waals surface area contributed by atoms with Crippen molar-refractivity contribution in [3.63, 3.8) is 0 Å². The Labute approximate surface area is 176 Å². The van der Waals surface area contributed by atoms with Gasteiger partial charge in [-0.3, -0.25) is 4.79 Å². The van der Waals surface area contributed by atoms with E-state index < -0.39 is 5.82 Å². The van der Waals surface area contributed by atoms with Gasteiger partial charge in [0.25, 0.3) is 5.89 Å². The highest BCUT2D eigenvalue weighted by Crippen LogP contribution is 2.30. The molecule has 0 aliphatic heterocycles. The van der Waals surface area contributed by atoms with E-state index in [-0.39, 0.29) is 18.2 Å². The fourth-order valence-electron chi connectivity index (χ4n) is 3.18. The number of thiophene rings is 1. The summed E-state index contributed by atoms with van der Waals surface area (Å²) >= 11 is 1.52. The lowest BCUT2D eigenvalue weighted by Crippen LogP contribution is -2.20. The maximum atomic E-state index is 13.8. The number of aryl methyl sites for hydroxylation is 1. The zero-order chi connectivity index (χ0) is 21.3. The minimum atomic E-state index is -0.538. The van der Waals surface area contributed by atoms with Crippen molar-refractivity contribution in [3.8, 4) is 28.0 Å². The van der Waals surface area contributed by atoms with E-state index in [4.69, 9.17) is 9.15 Å². The Kier molecular flexibility index (Phi) is 5.37. The molecule has 9 heteroatoms. The lowest BCUT2D eigenvalue weighted by molar-refractivity contribution is -0.116. The number of benzene rings is 1. The molecule has 0 fully saturated rings. The Morgan fingerprint density at radius 3 is 2.73 bits per heavy atom. The molecule has 154 valence electrons. The summed E-state index contributed by atoms with van der Waals surface area (Å²) in [6.45, 7) is 3.85. The smallest absolute Gasteiger partial charge is 0.258 e. The number of rotatable bonds is 6. The third-order valence-electron chi connectivity index (χ3n) is 4.70. The van der Waals surface area contributed by atoms with Crippen LogP contribution in [-0.4, -0.2) is 27.8 Å². The molecule has 1 amide bonds. The number of anilines is 1. The van der Waals surface area contributed by atoms with Gasteiger partial charge in [-0.2, -0.15) is 0 Å². The summed E-state index contributed by atoms with van der Waals surface area (Å²) in [6.07, 6.45) is 0. The number of ether oxygens (including phenoxy) is 1. The molecule has 0 radical (unpaired) electrons. The average Bonchev–Trinajstić information content (AvgIpc) is 3.45. The zero-order valence-electron chi connectivity index (χ0n) is 16.6. The van der Waals surface area contributed by atoms with Crippen LogP contribution in [0.1, 0.15) is 11.4 Å². The summed E-state index contributed by atoms with van der Waals surface area (Å²) in [5.41, 5.74) is 2.82. The van der Waals surface area contributed by atoms with E-state index in [1.54, 1.807) is 6.07 Å². The van der Waals surface area contributed by atoms with Gasteiger partial charge in [-0.05, 0) is 43.5 Å². The first kappa shape index (κ1) is 19.8. The number of carbonyl (C=O) groups excluding carboxylic acids is 1. The van der Waals surface area contributed by atoms with Gasteiger partial charge in [0.15, 0.2) is 11.6 Å². The molecule has 0 aliphatic carbocycles. The largest absolute Gasteiger partial charge is 0.494 e. The van der Waals surface area contributed by atoms with Gasteiger partial charge in [0.05, 0.1) is 17.6 Å². The molecule has 3 aromatic heterocycles. The van der Waals surface area contributed by atoms with Crippen LogP contribution in [0.4, 0.5) is 10.1 Å². The van der Waals surface area contributed by atoms with Crippen molar-refractivity contribution in [2.45, 2.75) is 20.4 Å². The maximum Gasteiger partial charge on any atom is 0.258 e. The van der Waals surface area contributed by atoms with E-state index in [1.165, 1.54) is 30.6 Å². The second-order valence-electron chi connectivity index (χ2n) is 6.66. The van der Waals surface area contributed by atoms with Crippen LogP contribution < -0.4 is 10.1 Å². The van der Waals surface area contributed by atoms with Crippen molar-refractivity contribution in [2.75, 3.05) is 12.4 Å². The second kappa shape index (κ2) is 8.11. The summed E-state index contributed by atoms with van der Waals surface area (Å²) in [6, 6.07) is 10.0. The number of nitrogens with zero attached hydrogens (tertiary/aromatic N) is 3. The molecule has 1 aromatic carbocycles. The van der Waals surface area contributed by atoms with Crippen LogP contribution in [0.3, 0.4) is 0 Å². The van der Waals surface area contributed by atoms with Crippen molar-refractivity contribution in [2.24, 2.45) is 0 Å². The molecular formula is C21H19FN4O3S. The normalized spacial score (nSPS) is 10.9. The van der Waals surface area contributed by atoms with Gasteiger partial charge in [0.2, 0.25) is 11.8 Å². The number of halogens is 1. The Hall–Kier alpha value is -3.46. The lowest BCUT2D eigenvalue weighted by Gasteiger charge is -2.11. The molecule has 0 bridgehead atoms. The van der Waals surface area contributed by atoms with Gasteiger partial charge >= 0.3 is 0 Å². The van der Waals surface area contributed by atoms with E-state index in [2.05, 4.69) is 15.5 Å². The van der Waals surface area contributed by atoms with Gasteiger partial charge in [-0.15, -0.1) is 21.5 Å². The van der Waals surface area contributed by atoms with Crippen LogP contribution >= 0.6 is 11.3 Å². The molecule has 30 heavy (non-hydrogen) atoms. The van der Waals surface area contributed by atoms with E-state index >= 15 is 0 Å². The molecule has 0 atom stereocenters. The lowest BCUT2D eigenvalue weighted by atomic mass is 10.2. The van der Waals surface area contributed by atoms with Gasteiger partial charge in [0, 0.05) is 23.1 Å². The van der Waals surface area contributed by atoms with Crippen LogP contribution in [0.5, 0.6) is 5.75 Å². The van der Waals surface area contributed by atoms with Crippen molar-refractivity contribution in [1.29, 1.82) is 0 Å². The molecule has 4 rings (SSSR count). The van der Waals surface area contributed by atoms with Crippen LogP contribution in [0.25, 0.3) is 22.2 Å². The van der Waals surface area contributed by atoms with E-state index in [1.807, 2.05) is 42.0 Å². The first-order valence-corrected chi connectivity index (χ1v) is 10.0. The minimum Gasteiger partial charge on any atom is -0.494 e. The van der Waals surface area contributed by atoms with Crippen LogP contribution in [-0.2, 0) is 11.3 Å². The highest BCUT2D eigenvalue weighted by Gasteiger charge is 2.19. The molecular weight excluding hydrogens is 407 g/mol. The fourth-order valence-corrected chi connectivity index (χ4v) is 3.83. The molecule has 4 aromatic rings. The third kappa shape index (κ3) is 3.84. The van der Waals surface area contributed by atoms with Crippen molar-refractivity contribution in [1.82, 2.24) is 14.8 Å². The number of aromatic nitrogens is 3. The highest BCUT2D eigenvalue weighted by molar-refractivity contribution is 7.13. The van der Waals surface area contributed by atoms with Gasteiger partial charge in [-0.25, -0.2) is 4.39 Å². The van der Waals surface area contributed by atoms with E-state index in [0.29, 0.717) is 17.5 Å². The molecule has 0 spiro atoms. The maximum absolute atomic E-state index is 13.8. The predicted molar refractivity (Wildman–Crippen MR) is 112 cm³/mol. The van der Waals surface area contributed by atoms with Crippen LogP contribution in [0, 0.1) is 19.7 Å². The van der Waals surface area contributed by atoms with Crippen LogP contribution in [0.15, 0.2) is 46.2 Å². The van der Waals surface area contributed by atoms with Gasteiger partial charge < -0.3 is 19.0 Å². The molecule has 0 saturated carbocycles. The Morgan fingerprint density at radius 1 is 1.23 bits per heavy atom. The van der Waals surface area contributed by atoms with Gasteiger partial charge in [-0.1, -0.05) is 6.07 Å². The first-order valence-electron chi connectivity index (χ1n) is 9.14. The average molecular weight is 426 g/mol. The predicted octanol–water partition coefficient (Wildman–Crippen LogP) is 4.67. The Bertz CT molecular complexity index is 1200. The van der Waals surface area contributed by atoms with Gasteiger partial charge in [0.1, 0.15) is 6.54 Å². The number of carbonyl (C=O) groups is 1. The zero-order valence-corrected chi connectivity index (χ0v) is 17.4. The van der Waals surface area contributed by atoms with Crippen molar-refractivity contribution >= 4 is 22.9 Å². The minimum absolute atomic E-state index is 0.0667. The summed E-state index contributed by atoms with van der Waals surface area (Å²) in [4.78, 5) is 13.4. The standard InChI is InChI=1S/C21H19FN4O3S/c1-12-9-15(20-24-25-21(29-20)18-5-4-8-30-18)13(2)26(12)11-19(27)23-14-6-7-17(28-3)16(22)10-14/h4-10H,11H2,1-3H3,(H,23,27).